The Labute approximate surface area is 79.5 Å². The SMILES string of the molecule is CC(=N)c1ccc(C(C)(C)C)nc1. The fourth-order valence-corrected chi connectivity index (χ4v) is 1.06. The van der Waals surface area contributed by atoms with Crippen LogP contribution in [0.5, 0.6) is 0 Å². The van der Waals surface area contributed by atoms with Crippen molar-refractivity contribution in [3.63, 3.8) is 0 Å². The number of nitrogens with one attached hydrogen (secondary N) is 1. The Morgan fingerprint density at radius 2 is 1.92 bits per heavy atom. The molecule has 0 aliphatic heterocycles. The molecule has 1 rings (SSSR count). The van der Waals surface area contributed by atoms with E-state index in [4.69, 9.17) is 5.41 Å². The summed E-state index contributed by atoms with van der Waals surface area (Å²) < 4.78 is 0. The predicted molar refractivity (Wildman–Crippen MR) is 55.4 cm³/mol. The number of nitrogens with zero attached hydrogens (tertiary/aromatic N) is 1. The summed E-state index contributed by atoms with van der Waals surface area (Å²) in [5.74, 6) is 0. The van der Waals surface area contributed by atoms with E-state index in [9.17, 15) is 0 Å². The van der Waals surface area contributed by atoms with Gasteiger partial charge in [0.1, 0.15) is 0 Å². The van der Waals surface area contributed by atoms with Crippen LogP contribution in [0.3, 0.4) is 0 Å². The van der Waals surface area contributed by atoms with Crippen LogP contribution in [-0.2, 0) is 5.41 Å². The van der Waals surface area contributed by atoms with Crippen LogP contribution in [0.1, 0.15) is 39.0 Å². The third kappa shape index (κ3) is 2.38. The number of rotatable bonds is 1. The molecular weight excluding hydrogens is 160 g/mol. The first-order valence-electron chi connectivity index (χ1n) is 4.43. The molecule has 0 aliphatic carbocycles. The molecule has 2 heteroatoms. The van der Waals surface area contributed by atoms with Gasteiger partial charge < -0.3 is 5.41 Å². The standard InChI is InChI=1S/C11H16N2/c1-8(12)9-5-6-10(13-7-9)11(2,3)4/h5-7,12H,1-4H3. The van der Waals surface area contributed by atoms with Gasteiger partial charge >= 0.3 is 0 Å². The van der Waals surface area contributed by atoms with Gasteiger partial charge in [0, 0.05) is 28.6 Å². The lowest BCUT2D eigenvalue weighted by Crippen LogP contribution is -2.13. The van der Waals surface area contributed by atoms with E-state index in [-0.39, 0.29) is 5.41 Å². The Bertz CT molecular complexity index is 304. The van der Waals surface area contributed by atoms with E-state index in [1.165, 1.54) is 0 Å². The van der Waals surface area contributed by atoms with Crippen molar-refractivity contribution in [3.05, 3.63) is 29.6 Å². The van der Waals surface area contributed by atoms with Crippen LogP contribution in [0.2, 0.25) is 0 Å². The van der Waals surface area contributed by atoms with Crippen molar-refractivity contribution in [2.24, 2.45) is 0 Å². The zero-order valence-corrected chi connectivity index (χ0v) is 8.68. The van der Waals surface area contributed by atoms with Gasteiger partial charge in [-0.2, -0.15) is 0 Å². The van der Waals surface area contributed by atoms with Gasteiger partial charge in [0.25, 0.3) is 0 Å². The van der Waals surface area contributed by atoms with E-state index in [0.717, 1.165) is 11.3 Å². The molecule has 0 aliphatic rings. The molecule has 0 unspecified atom stereocenters. The van der Waals surface area contributed by atoms with Crippen LogP contribution in [-0.4, -0.2) is 10.7 Å². The lowest BCUT2D eigenvalue weighted by atomic mass is 9.91. The second-order valence-corrected chi connectivity index (χ2v) is 4.31. The smallest absolute Gasteiger partial charge is 0.0457 e. The fraction of sp³-hybridized carbons (Fsp3) is 0.455. The highest BCUT2D eigenvalue weighted by Crippen LogP contribution is 2.19. The Balaban J connectivity index is 3.01. The number of hydrogen-bond acceptors (Lipinski definition) is 2. The summed E-state index contributed by atoms with van der Waals surface area (Å²) in [5.41, 5.74) is 2.62. The van der Waals surface area contributed by atoms with E-state index in [2.05, 4.69) is 25.8 Å². The Hall–Kier alpha value is -1.18. The first-order chi connectivity index (χ1) is 5.91. The third-order valence-corrected chi connectivity index (χ3v) is 1.96. The quantitative estimate of drug-likeness (QED) is 0.656. The summed E-state index contributed by atoms with van der Waals surface area (Å²) in [5, 5.41) is 7.42. The van der Waals surface area contributed by atoms with Crippen LogP contribution in [0.15, 0.2) is 18.3 Å². The molecule has 13 heavy (non-hydrogen) atoms. The molecule has 1 N–H and O–H groups in total. The lowest BCUT2D eigenvalue weighted by Gasteiger charge is -2.17. The van der Waals surface area contributed by atoms with Crippen LogP contribution in [0.25, 0.3) is 0 Å². The number of pyridine rings is 1. The van der Waals surface area contributed by atoms with E-state index in [1.807, 2.05) is 12.1 Å². The molecule has 0 bridgehead atoms. The molecule has 0 spiro atoms. The van der Waals surface area contributed by atoms with Gasteiger partial charge in [-0.15, -0.1) is 0 Å². The Morgan fingerprint density at radius 3 is 2.23 bits per heavy atom. The molecule has 0 saturated carbocycles. The Kier molecular flexibility index (Phi) is 2.50. The fourth-order valence-electron chi connectivity index (χ4n) is 1.06. The third-order valence-electron chi connectivity index (χ3n) is 1.96. The molecule has 0 amide bonds. The second-order valence-electron chi connectivity index (χ2n) is 4.31. The maximum atomic E-state index is 7.42. The minimum Gasteiger partial charge on any atom is -0.305 e. The molecule has 0 atom stereocenters. The van der Waals surface area contributed by atoms with Crippen LogP contribution in [0, 0.1) is 5.41 Å². The van der Waals surface area contributed by atoms with E-state index >= 15 is 0 Å². The second kappa shape index (κ2) is 3.29. The zero-order chi connectivity index (χ0) is 10.1. The van der Waals surface area contributed by atoms with E-state index in [1.54, 1.807) is 13.1 Å². The normalized spacial score (nSPS) is 11.4. The summed E-state index contributed by atoms with van der Waals surface area (Å²) in [7, 11) is 0. The molecule has 1 heterocycles. The van der Waals surface area contributed by atoms with Crippen molar-refractivity contribution in [1.82, 2.24) is 4.98 Å². The zero-order valence-electron chi connectivity index (χ0n) is 8.68. The van der Waals surface area contributed by atoms with Gasteiger partial charge in [0.05, 0.1) is 0 Å². The number of hydrogen-bond donors (Lipinski definition) is 1. The van der Waals surface area contributed by atoms with Gasteiger partial charge in [0.2, 0.25) is 0 Å². The molecular formula is C11H16N2. The molecule has 1 aromatic heterocycles. The Morgan fingerprint density at radius 1 is 1.31 bits per heavy atom. The predicted octanol–water partition coefficient (Wildman–Crippen LogP) is 2.77. The average Bonchev–Trinajstić information content (AvgIpc) is 2.03. The van der Waals surface area contributed by atoms with Crippen LogP contribution >= 0.6 is 0 Å². The van der Waals surface area contributed by atoms with Crippen molar-refractivity contribution in [1.29, 1.82) is 5.41 Å². The van der Waals surface area contributed by atoms with Crippen molar-refractivity contribution in [3.8, 4) is 0 Å². The highest BCUT2D eigenvalue weighted by Gasteiger charge is 2.14. The van der Waals surface area contributed by atoms with E-state index < -0.39 is 0 Å². The van der Waals surface area contributed by atoms with Crippen LogP contribution in [0.4, 0.5) is 0 Å². The van der Waals surface area contributed by atoms with Crippen molar-refractivity contribution < 1.29 is 0 Å². The van der Waals surface area contributed by atoms with Crippen LogP contribution < -0.4 is 0 Å². The molecule has 1 aromatic rings. The van der Waals surface area contributed by atoms with Gasteiger partial charge in [-0.3, -0.25) is 4.98 Å². The van der Waals surface area contributed by atoms with Crippen molar-refractivity contribution >= 4 is 5.71 Å². The minimum atomic E-state index is 0.0917. The summed E-state index contributed by atoms with van der Waals surface area (Å²) in [6, 6.07) is 3.95. The summed E-state index contributed by atoms with van der Waals surface area (Å²) in [6.45, 7) is 8.17. The highest BCUT2D eigenvalue weighted by molar-refractivity contribution is 5.95. The average molecular weight is 176 g/mol. The van der Waals surface area contributed by atoms with Crippen molar-refractivity contribution in [2.75, 3.05) is 0 Å². The molecule has 0 fully saturated rings. The topological polar surface area (TPSA) is 36.7 Å². The minimum absolute atomic E-state index is 0.0917. The first kappa shape index (κ1) is 9.90. The van der Waals surface area contributed by atoms with Gasteiger partial charge in [-0.1, -0.05) is 20.8 Å². The largest absolute Gasteiger partial charge is 0.305 e. The van der Waals surface area contributed by atoms with Crippen molar-refractivity contribution in [2.45, 2.75) is 33.1 Å². The summed E-state index contributed by atoms with van der Waals surface area (Å²) in [4.78, 5) is 4.33. The summed E-state index contributed by atoms with van der Waals surface area (Å²) >= 11 is 0. The summed E-state index contributed by atoms with van der Waals surface area (Å²) in [6.07, 6.45) is 1.77. The number of aromatic nitrogens is 1. The van der Waals surface area contributed by atoms with Gasteiger partial charge in [-0.05, 0) is 19.1 Å². The molecule has 0 radical (unpaired) electrons. The molecule has 0 aromatic carbocycles. The first-order valence-corrected chi connectivity index (χ1v) is 4.43. The molecule has 70 valence electrons. The van der Waals surface area contributed by atoms with Gasteiger partial charge in [-0.25, -0.2) is 0 Å². The lowest BCUT2D eigenvalue weighted by molar-refractivity contribution is 0.569. The van der Waals surface area contributed by atoms with E-state index in [0.29, 0.717) is 5.71 Å². The van der Waals surface area contributed by atoms with Gasteiger partial charge in [0.15, 0.2) is 0 Å². The molecule has 0 saturated heterocycles. The molecule has 2 nitrogen and oxygen atoms in total. The maximum absolute atomic E-state index is 7.42. The monoisotopic (exact) mass is 176 g/mol. The highest BCUT2D eigenvalue weighted by atomic mass is 14.7. The maximum Gasteiger partial charge on any atom is 0.0457 e.